The molecule has 6 aromatic carbocycles. The number of aromatic nitrogens is 9. The molecule has 38 heteroatoms. The Kier molecular flexibility index (Phi) is 29.2. The minimum absolute atomic E-state index is 0. The third-order valence-electron chi connectivity index (χ3n) is 18.4. The molecule has 12 aromatic rings. The number of carboxylic acid groups (broad SMARTS) is 1. The van der Waals surface area contributed by atoms with Crippen LogP contribution in [0.25, 0.3) is 33.8 Å². The number of thiazole rings is 3. The molecule has 0 saturated carbocycles. The number of halogens is 7. The van der Waals surface area contributed by atoms with Crippen LogP contribution in [0.3, 0.4) is 0 Å². The van der Waals surface area contributed by atoms with Crippen molar-refractivity contribution in [3.63, 3.8) is 0 Å². The van der Waals surface area contributed by atoms with Crippen LogP contribution in [0.4, 0.5) is 41.7 Å². The predicted molar refractivity (Wildman–Crippen MR) is 432 cm³/mol. The van der Waals surface area contributed by atoms with Crippen molar-refractivity contribution in [1.82, 2.24) is 54.3 Å². The molecule has 25 nitrogen and oxygen atoms in total. The summed E-state index contributed by atoms with van der Waals surface area (Å²) >= 11 is 7.75. The van der Waals surface area contributed by atoms with Crippen molar-refractivity contribution in [3.8, 4) is 33.8 Å². The number of nitrogens with zero attached hydrogens (tertiary/aromatic N) is 9. The summed E-state index contributed by atoms with van der Waals surface area (Å²) in [6, 6.07) is 41.9. The van der Waals surface area contributed by atoms with Gasteiger partial charge in [0.15, 0.2) is 15.4 Å². The van der Waals surface area contributed by atoms with Crippen LogP contribution in [-0.2, 0) is 67.7 Å². The smallest absolute Gasteiger partial charge is 0.449 e. The van der Waals surface area contributed by atoms with Gasteiger partial charge in [-0.1, -0.05) is 86.3 Å². The number of aryl methyl sites for hydroxylation is 3. The van der Waals surface area contributed by atoms with Crippen LogP contribution < -0.4 is 38.1 Å². The number of nitrogens with two attached hydrogens (primary N) is 2. The minimum Gasteiger partial charge on any atom is -0.478 e. The number of hydrogen-bond acceptors (Lipinski definition) is 25. The average Bonchev–Trinajstić information content (AvgIpc) is 1.68. The van der Waals surface area contributed by atoms with Gasteiger partial charge in [0, 0.05) is 114 Å². The first-order valence-electron chi connectivity index (χ1n) is 35.5. The van der Waals surface area contributed by atoms with Gasteiger partial charge >= 0.3 is 18.3 Å². The standard InChI is InChI=1S/C27H22F3N5O3S2.C24H22N6O2S2.C18H18F3N3O2S.C9H6N2O2S.ClH/c28-27(29,30)23(36)12-15-4-9-20-22(11-15)40-26(32-20)33-25(38)19-3-1-2-16(10-19)13-31-24(37)18-7-5-17(6-8-18)21-14-39-35-34-21;25-18-8-9-19-21(11-18)34-24(27-19)28-23(32)17-3-1-2-14(10-17)12-26-22(31)16-6-4-15(5-7-16)20-13-33-30-29-20;19-18(20,21)15(25)8-10-4-5-13-14(7-10)27-17(23-13)24-16(26)12-3-1-2-11(6-12)9-22;12-9(13)7-3-1-6(2-4-7)8-5-14-11-10-8;/h1-3,5-8,10,14-15H,4,9,11-13H2,(H,31,37)(H,32,33,38);1-7,10,13,18H,8-9,11-12,25H2,(H,26,31)(H,27,28,32);1-3,6,10H,4-5,7-9,22H2,(H,23,24,26);1-5H,(H,12,13);1H/t15-;18-;10-;;/m000../s1. The summed E-state index contributed by atoms with van der Waals surface area (Å²) in [5.74, 6) is -6.46. The second kappa shape index (κ2) is 39.5. The Balaban J connectivity index is 0.000000159. The maximum atomic E-state index is 12.9. The first-order chi connectivity index (χ1) is 55.2. The number of carbonyl (C=O) groups is 8. The van der Waals surface area contributed by atoms with Gasteiger partial charge in [0.25, 0.3) is 29.5 Å². The number of rotatable bonds is 21. The van der Waals surface area contributed by atoms with Crippen LogP contribution in [0, 0.1) is 11.8 Å². The van der Waals surface area contributed by atoms with E-state index in [0.717, 1.165) is 101 Å². The summed E-state index contributed by atoms with van der Waals surface area (Å²) in [5.41, 5.74) is 24.2. The highest BCUT2D eigenvalue weighted by molar-refractivity contribution is 7.16. The maximum Gasteiger partial charge on any atom is 0.449 e. The van der Waals surface area contributed by atoms with Crippen LogP contribution in [-0.4, -0.2) is 114 Å². The second-order valence-electron chi connectivity index (χ2n) is 26.6. The molecule has 15 rings (SSSR count). The number of fused-ring (bicyclic) bond motifs is 3. The molecule has 3 aliphatic rings. The lowest BCUT2D eigenvalue weighted by molar-refractivity contribution is -0.172. The number of benzene rings is 6. The Bertz CT molecular complexity index is 5440. The van der Waals surface area contributed by atoms with Gasteiger partial charge in [-0.15, -0.1) is 61.7 Å². The van der Waals surface area contributed by atoms with Gasteiger partial charge in [-0.25, -0.2) is 19.7 Å². The zero-order chi connectivity index (χ0) is 81.3. The van der Waals surface area contributed by atoms with E-state index in [0.29, 0.717) is 94.8 Å². The number of aromatic carboxylic acids is 1. The molecule has 6 heterocycles. The molecule has 0 aliphatic heterocycles. The molecule has 0 saturated heterocycles. The van der Waals surface area contributed by atoms with Gasteiger partial charge < -0.3 is 27.2 Å². The van der Waals surface area contributed by atoms with Crippen molar-refractivity contribution in [3.05, 3.63) is 244 Å². The summed E-state index contributed by atoms with van der Waals surface area (Å²) in [4.78, 5) is 112. The van der Waals surface area contributed by atoms with E-state index in [-0.39, 0.29) is 60.1 Å². The Hall–Kier alpha value is -11.2. The van der Waals surface area contributed by atoms with Crippen LogP contribution in [0.5, 0.6) is 0 Å². The zero-order valence-electron chi connectivity index (χ0n) is 60.7. The Morgan fingerprint density at radius 1 is 0.431 bits per heavy atom. The number of anilines is 3. The SMILES string of the molecule is Cl.NCc1cccc(C(=O)Nc2nc3c(s2)C[C@@H](CC(=O)C(F)(F)F)CC3)c1.N[C@H]1CCc2nc(NC(=O)c3cccc(CNC(=O)c4ccc(-c5csnn5)cc4)c3)sc2C1.O=C(NCc1cccc(C(=O)Nc2nc3c(s2)C[C@@H](CC(=O)C(F)(F)F)CC3)c1)c1ccc(-c2csnn2)cc1.O=C(O)c1ccc(-c2csnn2)cc1. The number of carboxylic acids is 1. The normalized spacial score (nSPS) is 14.6. The molecular weight excluding hydrogens is 1650 g/mol. The van der Waals surface area contributed by atoms with E-state index in [1.165, 1.54) is 68.6 Å². The van der Waals surface area contributed by atoms with Crippen molar-refractivity contribution in [1.29, 1.82) is 0 Å². The largest absolute Gasteiger partial charge is 0.478 e. The lowest BCUT2D eigenvalue weighted by atomic mass is 9.87. The number of amides is 5. The molecule has 10 N–H and O–H groups in total. The highest BCUT2D eigenvalue weighted by atomic mass is 35.5. The quantitative estimate of drug-likeness (QED) is 0.0310. The fourth-order valence-corrected chi connectivity index (χ4v) is 17.1. The molecule has 0 bridgehead atoms. The van der Waals surface area contributed by atoms with Crippen molar-refractivity contribution >= 4 is 143 Å². The van der Waals surface area contributed by atoms with E-state index < -0.39 is 54.6 Å². The summed E-state index contributed by atoms with van der Waals surface area (Å²) in [5, 5.41) is 41.6. The topological polar surface area (TPSA) is 385 Å². The summed E-state index contributed by atoms with van der Waals surface area (Å²) in [6.45, 7) is 0.840. The molecule has 0 spiro atoms. The van der Waals surface area contributed by atoms with Gasteiger partial charge in [0.05, 0.1) is 22.6 Å². The second-order valence-corrected chi connectivity index (χ2v) is 31.7. The third-order valence-corrected chi connectivity index (χ3v) is 23.0. The van der Waals surface area contributed by atoms with Gasteiger partial charge in [-0.2, -0.15) is 26.3 Å². The molecule has 5 amide bonds. The van der Waals surface area contributed by atoms with Gasteiger partial charge in [-0.05, 0) is 194 Å². The number of Topliss-reactive ketones (excluding diaryl/α,β-unsaturated/α-hetero) is 2. The van der Waals surface area contributed by atoms with E-state index in [4.69, 9.17) is 16.6 Å². The monoisotopic (exact) mass is 1710 g/mol. The van der Waals surface area contributed by atoms with Crippen molar-refractivity contribution in [2.75, 3.05) is 16.0 Å². The Morgan fingerprint density at radius 2 is 0.767 bits per heavy atom. The zero-order valence-corrected chi connectivity index (χ0v) is 66.5. The van der Waals surface area contributed by atoms with Crippen LogP contribution in [0.1, 0.15) is 143 Å². The fourth-order valence-electron chi connectivity index (χ4n) is 12.4. The number of hydrogen-bond donors (Lipinski definition) is 8. The first kappa shape index (κ1) is 85.7. The van der Waals surface area contributed by atoms with Crippen LogP contribution >= 0.6 is 81.0 Å². The summed E-state index contributed by atoms with van der Waals surface area (Å²) in [7, 11) is 0. The molecule has 0 fully saturated rings. The van der Waals surface area contributed by atoms with E-state index in [2.05, 4.69) is 70.3 Å². The van der Waals surface area contributed by atoms with Gasteiger partial charge in [0.1, 0.15) is 17.1 Å². The molecule has 116 heavy (non-hydrogen) atoms. The lowest BCUT2D eigenvalue weighted by Gasteiger charge is -2.20. The number of ketones is 2. The highest BCUT2D eigenvalue weighted by Gasteiger charge is 2.41. The molecule has 3 aliphatic carbocycles. The van der Waals surface area contributed by atoms with Crippen molar-refractivity contribution in [2.45, 2.75) is 109 Å². The molecule has 0 unspecified atom stereocenters. The highest BCUT2D eigenvalue weighted by Crippen LogP contribution is 2.38. The van der Waals surface area contributed by atoms with E-state index >= 15 is 0 Å². The first-order valence-corrected chi connectivity index (χ1v) is 40.4. The van der Waals surface area contributed by atoms with Crippen LogP contribution in [0.15, 0.2) is 162 Å². The van der Waals surface area contributed by atoms with Crippen LogP contribution in [0.2, 0.25) is 0 Å². The molecule has 3 atom stereocenters. The summed E-state index contributed by atoms with van der Waals surface area (Å²) < 4.78 is 86.7. The predicted octanol–water partition coefficient (Wildman–Crippen LogP) is 14.9. The minimum atomic E-state index is -4.82. The van der Waals surface area contributed by atoms with Crippen molar-refractivity contribution in [2.24, 2.45) is 23.3 Å². The number of nitrogens with one attached hydrogen (secondary N) is 5. The van der Waals surface area contributed by atoms with E-state index in [1.54, 1.807) is 121 Å². The molecule has 6 aromatic heterocycles. The van der Waals surface area contributed by atoms with E-state index in [9.17, 15) is 64.7 Å². The van der Waals surface area contributed by atoms with E-state index in [1.807, 2.05) is 40.4 Å². The van der Waals surface area contributed by atoms with Gasteiger partial charge in [-0.3, -0.25) is 49.5 Å². The number of alkyl halides is 6. The fraction of sp³-hybridized carbons (Fsp3) is 0.244. The number of carbonyl (C=O) groups excluding carboxylic acids is 7. The Labute approximate surface area is 688 Å². The third kappa shape index (κ3) is 23.5. The Morgan fingerprint density at radius 3 is 1.10 bits per heavy atom. The van der Waals surface area contributed by atoms with Crippen molar-refractivity contribution < 1.29 is 69.8 Å². The lowest BCUT2D eigenvalue weighted by Crippen LogP contribution is -2.27. The molecule has 600 valence electrons. The molecular formula is C78H69ClF6N16O9S6. The molecule has 0 radical (unpaired) electrons. The average molecular weight is 1720 g/mol. The van der Waals surface area contributed by atoms with Gasteiger partial charge in [0.2, 0.25) is 11.6 Å². The summed E-state index contributed by atoms with van der Waals surface area (Å²) in [6.07, 6.45) is -5.51. The maximum absolute atomic E-state index is 12.9.